The molecule has 0 radical (unpaired) electrons. The number of hydrogen-bond acceptors (Lipinski definition) is 3. The van der Waals surface area contributed by atoms with Crippen molar-refractivity contribution in [2.75, 3.05) is 7.11 Å². The van der Waals surface area contributed by atoms with Crippen LogP contribution in [0, 0.1) is 0 Å². The molecule has 0 saturated carbocycles. The van der Waals surface area contributed by atoms with Crippen LogP contribution in [0.2, 0.25) is 5.02 Å². The number of aromatic nitrogens is 1. The lowest BCUT2D eigenvalue weighted by Crippen LogP contribution is -2.03. The summed E-state index contributed by atoms with van der Waals surface area (Å²) in [5.74, 6) is -0.494. The maximum atomic E-state index is 11.5. The first-order valence-electron chi connectivity index (χ1n) is 5.19. The van der Waals surface area contributed by atoms with Gasteiger partial charge >= 0.3 is 5.97 Å². The van der Waals surface area contributed by atoms with Gasteiger partial charge in [0.1, 0.15) is 0 Å². The molecule has 1 heterocycles. The Bertz CT molecular complexity index is 628. The maximum Gasteiger partial charge on any atom is 0.339 e. The SMILES string of the molecule is COC(=O)c1cc(-c2ccc(=O)[nH]c2)ccc1Cl. The Balaban J connectivity index is 2.50. The Labute approximate surface area is 108 Å². The molecule has 1 N–H and O–H groups in total. The van der Waals surface area contributed by atoms with Crippen molar-refractivity contribution in [1.82, 2.24) is 4.98 Å². The van der Waals surface area contributed by atoms with Gasteiger partial charge in [0.05, 0.1) is 17.7 Å². The van der Waals surface area contributed by atoms with Gasteiger partial charge in [-0.25, -0.2) is 4.79 Å². The van der Waals surface area contributed by atoms with E-state index in [-0.39, 0.29) is 5.56 Å². The fourth-order valence-corrected chi connectivity index (χ4v) is 1.76. The van der Waals surface area contributed by atoms with Crippen LogP contribution >= 0.6 is 11.6 Å². The standard InChI is InChI=1S/C13H10ClNO3/c1-18-13(17)10-6-8(2-4-11(10)14)9-3-5-12(16)15-7-9/h2-7H,1H3,(H,15,16). The molecule has 0 atom stereocenters. The van der Waals surface area contributed by atoms with Crippen molar-refractivity contribution >= 4 is 17.6 Å². The molecule has 0 aliphatic heterocycles. The number of hydrogen-bond donors (Lipinski definition) is 1. The number of pyridine rings is 1. The molecule has 0 saturated heterocycles. The van der Waals surface area contributed by atoms with E-state index in [1.165, 1.54) is 13.2 Å². The van der Waals surface area contributed by atoms with Crippen molar-refractivity contribution in [2.24, 2.45) is 0 Å². The lowest BCUT2D eigenvalue weighted by atomic mass is 10.0. The summed E-state index contributed by atoms with van der Waals surface area (Å²) in [6.07, 6.45) is 1.58. The van der Waals surface area contributed by atoms with Gasteiger partial charge in [0.25, 0.3) is 0 Å². The van der Waals surface area contributed by atoms with Crippen LogP contribution in [-0.2, 0) is 4.74 Å². The van der Waals surface area contributed by atoms with Gasteiger partial charge in [0.15, 0.2) is 0 Å². The van der Waals surface area contributed by atoms with Crippen molar-refractivity contribution in [2.45, 2.75) is 0 Å². The Morgan fingerprint density at radius 2 is 1.94 bits per heavy atom. The number of nitrogens with one attached hydrogen (secondary N) is 1. The van der Waals surface area contributed by atoms with E-state index in [1.807, 2.05) is 0 Å². The molecule has 0 bridgehead atoms. The third kappa shape index (κ3) is 2.43. The summed E-state index contributed by atoms with van der Waals surface area (Å²) in [6.45, 7) is 0. The molecule has 2 aromatic rings. The molecule has 2 rings (SSSR count). The topological polar surface area (TPSA) is 59.2 Å². The summed E-state index contributed by atoms with van der Waals surface area (Å²) in [4.78, 5) is 25.1. The number of H-pyrrole nitrogens is 1. The zero-order valence-electron chi connectivity index (χ0n) is 9.57. The number of carbonyl (C=O) groups excluding carboxylic acids is 1. The second kappa shape index (κ2) is 5.06. The Hall–Kier alpha value is -2.07. The molecule has 0 aliphatic carbocycles. The lowest BCUT2D eigenvalue weighted by molar-refractivity contribution is 0.0601. The van der Waals surface area contributed by atoms with Crippen molar-refractivity contribution in [3.63, 3.8) is 0 Å². The van der Waals surface area contributed by atoms with E-state index in [4.69, 9.17) is 11.6 Å². The van der Waals surface area contributed by atoms with Crippen LogP contribution in [0.3, 0.4) is 0 Å². The van der Waals surface area contributed by atoms with Crippen LogP contribution < -0.4 is 5.56 Å². The van der Waals surface area contributed by atoms with E-state index >= 15 is 0 Å². The quantitative estimate of drug-likeness (QED) is 0.847. The molecular weight excluding hydrogens is 254 g/mol. The van der Waals surface area contributed by atoms with Gasteiger partial charge < -0.3 is 9.72 Å². The van der Waals surface area contributed by atoms with Gasteiger partial charge in [0.2, 0.25) is 5.56 Å². The Morgan fingerprint density at radius 3 is 2.56 bits per heavy atom. The highest BCUT2D eigenvalue weighted by atomic mass is 35.5. The van der Waals surface area contributed by atoms with Crippen molar-refractivity contribution in [3.8, 4) is 11.1 Å². The highest BCUT2D eigenvalue weighted by Crippen LogP contribution is 2.24. The molecular formula is C13H10ClNO3. The average molecular weight is 264 g/mol. The van der Waals surface area contributed by atoms with Crippen molar-refractivity contribution < 1.29 is 9.53 Å². The second-order valence-corrected chi connectivity index (χ2v) is 4.04. The zero-order chi connectivity index (χ0) is 13.1. The number of halogens is 1. The molecule has 4 nitrogen and oxygen atoms in total. The molecule has 18 heavy (non-hydrogen) atoms. The molecule has 0 unspecified atom stereocenters. The predicted octanol–water partition coefficient (Wildman–Crippen LogP) is 2.48. The van der Waals surface area contributed by atoms with Gasteiger partial charge in [-0.2, -0.15) is 0 Å². The fraction of sp³-hybridized carbons (Fsp3) is 0.0769. The predicted molar refractivity (Wildman–Crippen MR) is 68.8 cm³/mol. The Morgan fingerprint density at radius 1 is 1.22 bits per heavy atom. The third-order valence-corrected chi connectivity index (χ3v) is 2.82. The number of aromatic amines is 1. The molecule has 92 valence electrons. The number of methoxy groups -OCH3 is 1. The Kier molecular flexibility index (Phi) is 3.48. The van der Waals surface area contributed by atoms with Crippen LogP contribution in [-0.4, -0.2) is 18.1 Å². The highest BCUT2D eigenvalue weighted by molar-refractivity contribution is 6.33. The van der Waals surface area contributed by atoms with Crippen LogP contribution in [0.15, 0.2) is 41.3 Å². The van der Waals surface area contributed by atoms with Crippen molar-refractivity contribution in [1.29, 1.82) is 0 Å². The van der Waals surface area contributed by atoms with E-state index < -0.39 is 5.97 Å². The first-order valence-corrected chi connectivity index (χ1v) is 5.56. The van der Waals surface area contributed by atoms with Gasteiger partial charge in [-0.3, -0.25) is 4.79 Å². The summed E-state index contributed by atoms with van der Waals surface area (Å²) in [5, 5.41) is 0.329. The minimum atomic E-state index is -0.494. The van der Waals surface area contributed by atoms with Gasteiger partial charge in [-0.15, -0.1) is 0 Å². The molecule has 1 aromatic heterocycles. The summed E-state index contributed by atoms with van der Waals surface area (Å²) in [5.41, 5.74) is 1.68. The maximum absolute atomic E-state index is 11.5. The summed E-state index contributed by atoms with van der Waals surface area (Å²) in [7, 11) is 1.30. The second-order valence-electron chi connectivity index (χ2n) is 3.63. The van der Waals surface area contributed by atoms with E-state index in [2.05, 4.69) is 9.72 Å². The summed E-state index contributed by atoms with van der Waals surface area (Å²) in [6, 6.07) is 8.10. The minimum absolute atomic E-state index is 0.180. The van der Waals surface area contributed by atoms with Crippen LogP contribution in [0.4, 0.5) is 0 Å². The third-order valence-electron chi connectivity index (χ3n) is 2.49. The van der Waals surface area contributed by atoms with Crippen LogP contribution in [0.5, 0.6) is 0 Å². The van der Waals surface area contributed by atoms with Crippen LogP contribution in [0.1, 0.15) is 10.4 Å². The van der Waals surface area contributed by atoms with E-state index in [0.717, 1.165) is 11.1 Å². The normalized spacial score (nSPS) is 10.1. The summed E-state index contributed by atoms with van der Waals surface area (Å²) >= 11 is 5.92. The number of ether oxygens (including phenoxy) is 1. The number of benzene rings is 1. The first-order chi connectivity index (χ1) is 8.61. The molecule has 0 fully saturated rings. The fourth-order valence-electron chi connectivity index (χ4n) is 1.56. The minimum Gasteiger partial charge on any atom is -0.465 e. The molecule has 0 spiro atoms. The van der Waals surface area contributed by atoms with Crippen molar-refractivity contribution in [3.05, 3.63) is 57.5 Å². The molecule has 5 heteroatoms. The number of esters is 1. The van der Waals surface area contributed by atoms with Gasteiger partial charge in [0, 0.05) is 12.3 Å². The highest BCUT2D eigenvalue weighted by Gasteiger charge is 2.11. The van der Waals surface area contributed by atoms with Crippen LogP contribution in [0.25, 0.3) is 11.1 Å². The van der Waals surface area contributed by atoms with Gasteiger partial charge in [-0.05, 0) is 29.3 Å². The number of rotatable bonds is 2. The molecule has 0 amide bonds. The first kappa shape index (κ1) is 12.4. The zero-order valence-corrected chi connectivity index (χ0v) is 10.3. The molecule has 0 aliphatic rings. The largest absolute Gasteiger partial charge is 0.465 e. The van der Waals surface area contributed by atoms with E-state index in [9.17, 15) is 9.59 Å². The lowest BCUT2D eigenvalue weighted by Gasteiger charge is -2.06. The molecule has 1 aromatic carbocycles. The van der Waals surface area contributed by atoms with Gasteiger partial charge in [-0.1, -0.05) is 17.7 Å². The number of carbonyl (C=O) groups is 1. The van der Waals surface area contributed by atoms with E-state index in [1.54, 1.807) is 30.5 Å². The monoisotopic (exact) mass is 263 g/mol. The summed E-state index contributed by atoms with van der Waals surface area (Å²) < 4.78 is 4.65. The average Bonchev–Trinajstić information content (AvgIpc) is 2.39. The smallest absolute Gasteiger partial charge is 0.339 e. The van der Waals surface area contributed by atoms with E-state index in [0.29, 0.717) is 10.6 Å².